The van der Waals surface area contributed by atoms with Crippen LogP contribution < -0.4 is 5.73 Å². The molecule has 0 unspecified atom stereocenters. The fourth-order valence-electron chi connectivity index (χ4n) is 1.33. The van der Waals surface area contributed by atoms with Crippen LogP contribution in [0.25, 0.3) is 11.3 Å². The molecule has 2 aromatic rings. The summed E-state index contributed by atoms with van der Waals surface area (Å²) in [6.45, 7) is 0. The lowest BCUT2D eigenvalue weighted by Gasteiger charge is -1.96. The first-order valence-electron chi connectivity index (χ1n) is 4.61. The smallest absolute Gasteiger partial charge is 0.284 e. The molecule has 0 bridgehead atoms. The number of primary amides is 1. The first-order valence-corrected chi connectivity index (χ1v) is 4.61. The number of benzene rings is 1. The Morgan fingerprint density at radius 3 is 2.38 bits per heavy atom. The number of rotatable bonds is 2. The van der Waals surface area contributed by atoms with E-state index in [1.54, 1.807) is 30.3 Å². The van der Waals surface area contributed by atoms with Gasteiger partial charge in [0.1, 0.15) is 5.76 Å². The van der Waals surface area contributed by atoms with Gasteiger partial charge in [0.05, 0.1) is 11.6 Å². The number of hydrogen-bond acceptors (Lipinski definition) is 3. The van der Waals surface area contributed by atoms with Crippen LogP contribution in [0.5, 0.6) is 0 Å². The van der Waals surface area contributed by atoms with E-state index in [0.29, 0.717) is 11.3 Å². The molecule has 1 amide bonds. The highest BCUT2D eigenvalue weighted by Gasteiger charge is 2.08. The molecule has 0 radical (unpaired) electrons. The number of nitrogens with two attached hydrogens (primary N) is 1. The maximum atomic E-state index is 10.8. The van der Waals surface area contributed by atoms with E-state index in [9.17, 15) is 4.79 Å². The van der Waals surface area contributed by atoms with Gasteiger partial charge < -0.3 is 10.2 Å². The zero-order valence-corrected chi connectivity index (χ0v) is 8.31. The molecule has 1 aromatic heterocycles. The number of hydrogen-bond donors (Lipinski definition) is 1. The lowest BCUT2D eigenvalue weighted by atomic mass is 10.1. The molecule has 0 aliphatic carbocycles. The highest BCUT2D eigenvalue weighted by Crippen LogP contribution is 2.22. The Morgan fingerprint density at radius 2 is 1.88 bits per heavy atom. The van der Waals surface area contributed by atoms with Crippen molar-refractivity contribution in [3.05, 3.63) is 47.7 Å². The van der Waals surface area contributed by atoms with Crippen molar-refractivity contribution in [2.75, 3.05) is 0 Å². The predicted molar refractivity (Wildman–Crippen MR) is 57.4 cm³/mol. The number of nitrogens with zero attached hydrogens (tertiary/aromatic N) is 1. The lowest BCUT2D eigenvalue weighted by Crippen LogP contribution is -2.09. The van der Waals surface area contributed by atoms with Gasteiger partial charge in [0.15, 0.2) is 5.76 Å². The van der Waals surface area contributed by atoms with Crippen molar-refractivity contribution in [3.63, 3.8) is 0 Å². The second kappa shape index (κ2) is 3.91. The van der Waals surface area contributed by atoms with E-state index in [-0.39, 0.29) is 5.76 Å². The van der Waals surface area contributed by atoms with Crippen molar-refractivity contribution in [2.45, 2.75) is 0 Å². The van der Waals surface area contributed by atoms with E-state index < -0.39 is 5.91 Å². The standard InChI is InChI=1S/C12H8N2O2/c13-7-8-1-3-9(4-2-8)10-5-6-11(16-10)12(14)15/h1-6H,(H2,14,15). The fraction of sp³-hybridized carbons (Fsp3) is 0. The van der Waals surface area contributed by atoms with Gasteiger partial charge in [-0.1, -0.05) is 0 Å². The van der Waals surface area contributed by atoms with Gasteiger partial charge in [-0.15, -0.1) is 0 Å². The number of carbonyl (C=O) groups is 1. The summed E-state index contributed by atoms with van der Waals surface area (Å²) < 4.78 is 5.25. The van der Waals surface area contributed by atoms with Gasteiger partial charge in [0, 0.05) is 5.56 Å². The monoisotopic (exact) mass is 212 g/mol. The van der Waals surface area contributed by atoms with Crippen molar-refractivity contribution in [1.82, 2.24) is 0 Å². The first-order chi connectivity index (χ1) is 7.70. The Labute approximate surface area is 91.9 Å². The van der Waals surface area contributed by atoms with Crippen LogP contribution in [0.2, 0.25) is 0 Å². The molecular formula is C12H8N2O2. The third-order valence-corrected chi connectivity index (χ3v) is 2.15. The van der Waals surface area contributed by atoms with Crippen LogP contribution in [0.3, 0.4) is 0 Å². The lowest BCUT2D eigenvalue weighted by molar-refractivity contribution is 0.0974. The van der Waals surface area contributed by atoms with Crippen LogP contribution in [-0.4, -0.2) is 5.91 Å². The molecule has 1 heterocycles. The van der Waals surface area contributed by atoms with Gasteiger partial charge in [-0.05, 0) is 36.4 Å². The summed E-state index contributed by atoms with van der Waals surface area (Å²) in [6, 6.07) is 12.1. The van der Waals surface area contributed by atoms with E-state index in [1.165, 1.54) is 6.07 Å². The molecule has 0 saturated carbocycles. The van der Waals surface area contributed by atoms with E-state index in [2.05, 4.69) is 0 Å². The topological polar surface area (TPSA) is 80.0 Å². The Kier molecular flexibility index (Phi) is 2.44. The number of amides is 1. The minimum atomic E-state index is -0.597. The second-order valence-corrected chi connectivity index (χ2v) is 3.22. The first kappa shape index (κ1) is 9.99. The molecule has 16 heavy (non-hydrogen) atoms. The highest BCUT2D eigenvalue weighted by molar-refractivity contribution is 5.90. The summed E-state index contributed by atoms with van der Waals surface area (Å²) in [7, 11) is 0. The molecule has 0 spiro atoms. The van der Waals surface area contributed by atoms with Crippen molar-refractivity contribution in [3.8, 4) is 17.4 Å². The van der Waals surface area contributed by atoms with Crippen molar-refractivity contribution >= 4 is 5.91 Å². The molecular weight excluding hydrogens is 204 g/mol. The van der Waals surface area contributed by atoms with Crippen LogP contribution >= 0.6 is 0 Å². The van der Waals surface area contributed by atoms with Crippen LogP contribution in [0.1, 0.15) is 16.1 Å². The molecule has 4 nitrogen and oxygen atoms in total. The van der Waals surface area contributed by atoms with Gasteiger partial charge in [-0.3, -0.25) is 4.79 Å². The molecule has 0 fully saturated rings. The third kappa shape index (κ3) is 1.79. The average Bonchev–Trinajstić information content (AvgIpc) is 2.78. The summed E-state index contributed by atoms with van der Waals surface area (Å²) in [4.78, 5) is 10.8. The Balaban J connectivity index is 2.36. The maximum absolute atomic E-state index is 10.8. The maximum Gasteiger partial charge on any atom is 0.284 e. The van der Waals surface area contributed by atoms with Gasteiger partial charge in [0.2, 0.25) is 0 Å². The predicted octanol–water partition coefficient (Wildman–Crippen LogP) is 1.92. The number of carbonyl (C=O) groups excluding carboxylic acids is 1. The quantitative estimate of drug-likeness (QED) is 0.825. The Bertz CT molecular complexity index is 561. The molecule has 0 aliphatic rings. The van der Waals surface area contributed by atoms with Gasteiger partial charge in [-0.2, -0.15) is 5.26 Å². The van der Waals surface area contributed by atoms with Gasteiger partial charge in [-0.25, -0.2) is 0 Å². The van der Waals surface area contributed by atoms with E-state index in [0.717, 1.165) is 5.56 Å². The van der Waals surface area contributed by atoms with E-state index in [4.69, 9.17) is 15.4 Å². The molecule has 0 atom stereocenters. The fourth-order valence-corrected chi connectivity index (χ4v) is 1.33. The number of nitriles is 1. The minimum Gasteiger partial charge on any atom is -0.451 e. The SMILES string of the molecule is N#Cc1ccc(-c2ccc(C(N)=O)o2)cc1. The average molecular weight is 212 g/mol. The van der Waals surface area contributed by atoms with E-state index >= 15 is 0 Å². The molecule has 78 valence electrons. The molecule has 0 aliphatic heterocycles. The summed E-state index contributed by atoms with van der Waals surface area (Å²) in [5.74, 6) is 0.0811. The van der Waals surface area contributed by atoms with Crippen molar-refractivity contribution in [2.24, 2.45) is 5.73 Å². The second-order valence-electron chi connectivity index (χ2n) is 3.22. The largest absolute Gasteiger partial charge is 0.451 e. The third-order valence-electron chi connectivity index (χ3n) is 2.15. The summed E-state index contributed by atoms with van der Waals surface area (Å²) in [5, 5.41) is 8.64. The normalized spacial score (nSPS) is 9.69. The minimum absolute atomic E-state index is 0.124. The molecule has 2 N–H and O–H groups in total. The van der Waals surface area contributed by atoms with E-state index in [1.807, 2.05) is 6.07 Å². The Morgan fingerprint density at radius 1 is 1.19 bits per heavy atom. The molecule has 4 heteroatoms. The highest BCUT2D eigenvalue weighted by atomic mass is 16.3. The van der Waals surface area contributed by atoms with Crippen LogP contribution in [0.4, 0.5) is 0 Å². The van der Waals surface area contributed by atoms with Gasteiger partial charge >= 0.3 is 0 Å². The Hall–Kier alpha value is -2.54. The number of furan rings is 1. The van der Waals surface area contributed by atoms with Crippen molar-refractivity contribution in [1.29, 1.82) is 5.26 Å². The van der Waals surface area contributed by atoms with Crippen molar-refractivity contribution < 1.29 is 9.21 Å². The zero-order chi connectivity index (χ0) is 11.5. The van der Waals surface area contributed by atoms with Crippen LogP contribution in [0, 0.1) is 11.3 Å². The zero-order valence-electron chi connectivity index (χ0n) is 8.31. The summed E-state index contributed by atoms with van der Waals surface area (Å²) in [5.41, 5.74) is 6.45. The summed E-state index contributed by atoms with van der Waals surface area (Å²) >= 11 is 0. The summed E-state index contributed by atoms with van der Waals surface area (Å²) in [6.07, 6.45) is 0. The van der Waals surface area contributed by atoms with Gasteiger partial charge in [0.25, 0.3) is 5.91 Å². The molecule has 2 rings (SSSR count). The van der Waals surface area contributed by atoms with Crippen LogP contribution in [-0.2, 0) is 0 Å². The molecule has 1 aromatic carbocycles. The van der Waals surface area contributed by atoms with Crippen LogP contribution in [0.15, 0.2) is 40.8 Å². The molecule has 0 saturated heterocycles.